The summed E-state index contributed by atoms with van der Waals surface area (Å²) < 4.78 is 26.4. The van der Waals surface area contributed by atoms with Gasteiger partial charge in [0.05, 0.1) is 29.2 Å². The molecule has 0 fully saturated rings. The van der Waals surface area contributed by atoms with Crippen molar-refractivity contribution in [3.8, 4) is 0 Å². The molecule has 3 rings (SSSR count). The molecule has 3 aromatic carbocycles. The minimum atomic E-state index is -3.83. The van der Waals surface area contributed by atoms with Gasteiger partial charge >= 0.3 is 0 Å². The van der Waals surface area contributed by atoms with Crippen molar-refractivity contribution in [2.45, 2.75) is 32.9 Å². The predicted octanol–water partition coefficient (Wildman–Crippen LogP) is 4.93. The first-order valence-electron chi connectivity index (χ1n) is 11.0. The Labute approximate surface area is 211 Å². The van der Waals surface area contributed by atoms with Crippen LogP contribution in [0.15, 0.2) is 72.8 Å². The van der Waals surface area contributed by atoms with E-state index in [1.165, 1.54) is 13.0 Å². The Balaban J connectivity index is 1.85. The average Bonchev–Trinajstić information content (AvgIpc) is 2.81. The number of halogens is 1. The lowest BCUT2D eigenvalue weighted by molar-refractivity contribution is -0.116. The standard InChI is InChI=1S/C26H28ClN3O4S/c1-17-14-15-21(27)16-24(17)30(35(4,33)34)19(3)25(31)29-23-13-9-8-12-22(23)26(32)28-18(2)20-10-6-5-7-11-20/h5-16,18-19H,1-4H3,(H,28,32)(H,29,31)/t18-,19-/m1/s1. The molecule has 0 unspecified atom stereocenters. The Morgan fingerprint density at radius 3 is 2.23 bits per heavy atom. The third kappa shape index (κ3) is 6.41. The van der Waals surface area contributed by atoms with Gasteiger partial charge in [-0.2, -0.15) is 0 Å². The molecule has 0 radical (unpaired) electrons. The van der Waals surface area contributed by atoms with E-state index in [4.69, 9.17) is 11.6 Å². The zero-order chi connectivity index (χ0) is 25.8. The predicted molar refractivity (Wildman–Crippen MR) is 140 cm³/mol. The van der Waals surface area contributed by atoms with E-state index >= 15 is 0 Å². The van der Waals surface area contributed by atoms with E-state index in [1.54, 1.807) is 43.3 Å². The Kier molecular flexibility index (Phi) is 8.19. The second-order valence-electron chi connectivity index (χ2n) is 8.31. The van der Waals surface area contributed by atoms with E-state index in [2.05, 4.69) is 10.6 Å². The average molecular weight is 514 g/mol. The molecule has 7 nitrogen and oxygen atoms in total. The lowest BCUT2D eigenvalue weighted by Gasteiger charge is -2.29. The summed E-state index contributed by atoms with van der Waals surface area (Å²) in [5, 5.41) is 6.00. The summed E-state index contributed by atoms with van der Waals surface area (Å²) >= 11 is 6.10. The summed E-state index contributed by atoms with van der Waals surface area (Å²) in [5.74, 6) is -0.957. The normalized spacial score (nSPS) is 12.9. The van der Waals surface area contributed by atoms with Gasteiger partial charge in [0.15, 0.2) is 0 Å². The Bertz CT molecular complexity index is 1330. The minimum absolute atomic E-state index is 0.252. The van der Waals surface area contributed by atoms with Gasteiger partial charge in [-0.25, -0.2) is 8.42 Å². The van der Waals surface area contributed by atoms with E-state index in [0.29, 0.717) is 16.3 Å². The third-order valence-corrected chi connectivity index (χ3v) is 7.04. The first-order valence-corrected chi connectivity index (χ1v) is 13.2. The summed E-state index contributed by atoms with van der Waals surface area (Å²) in [6.45, 7) is 5.09. The first kappa shape index (κ1) is 26.2. The van der Waals surface area contributed by atoms with Crippen LogP contribution in [0.1, 0.15) is 41.4 Å². The van der Waals surface area contributed by atoms with Crippen LogP contribution in [0.2, 0.25) is 5.02 Å². The van der Waals surface area contributed by atoms with Crippen molar-refractivity contribution in [1.82, 2.24) is 5.32 Å². The molecule has 35 heavy (non-hydrogen) atoms. The van der Waals surface area contributed by atoms with Crippen LogP contribution in [-0.2, 0) is 14.8 Å². The van der Waals surface area contributed by atoms with E-state index in [-0.39, 0.29) is 23.2 Å². The lowest BCUT2D eigenvalue weighted by Crippen LogP contribution is -2.46. The fraction of sp³-hybridized carbons (Fsp3) is 0.231. The van der Waals surface area contributed by atoms with Crippen molar-refractivity contribution in [2.75, 3.05) is 15.9 Å². The number of sulfonamides is 1. The lowest BCUT2D eigenvalue weighted by atomic mass is 10.1. The highest BCUT2D eigenvalue weighted by Crippen LogP contribution is 2.29. The number of nitrogens with zero attached hydrogens (tertiary/aromatic N) is 1. The second kappa shape index (κ2) is 10.9. The zero-order valence-corrected chi connectivity index (χ0v) is 21.5. The number of nitrogens with one attached hydrogen (secondary N) is 2. The monoisotopic (exact) mass is 513 g/mol. The Morgan fingerprint density at radius 1 is 0.943 bits per heavy atom. The SMILES string of the molecule is Cc1ccc(Cl)cc1N([C@H](C)C(=O)Nc1ccccc1C(=O)N[C@H](C)c1ccccc1)S(C)(=O)=O. The van der Waals surface area contributed by atoms with Gasteiger partial charge < -0.3 is 10.6 Å². The van der Waals surface area contributed by atoms with Gasteiger partial charge in [-0.3, -0.25) is 13.9 Å². The van der Waals surface area contributed by atoms with Crippen LogP contribution < -0.4 is 14.9 Å². The maximum atomic E-state index is 13.2. The summed E-state index contributed by atoms with van der Waals surface area (Å²) in [6, 6.07) is 19.6. The van der Waals surface area contributed by atoms with E-state index < -0.39 is 22.0 Å². The van der Waals surface area contributed by atoms with E-state index in [1.807, 2.05) is 37.3 Å². The number of para-hydroxylation sites is 1. The molecular weight excluding hydrogens is 486 g/mol. The van der Waals surface area contributed by atoms with Crippen molar-refractivity contribution >= 4 is 44.8 Å². The molecule has 0 saturated carbocycles. The summed E-state index contributed by atoms with van der Waals surface area (Å²) in [5.41, 5.74) is 2.44. The highest BCUT2D eigenvalue weighted by molar-refractivity contribution is 7.92. The van der Waals surface area contributed by atoms with Crippen molar-refractivity contribution in [2.24, 2.45) is 0 Å². The van der Waals surface area contributed by atoms with Gasteiger partial charge in [-0.1, -0.05) is 60.1 Å². The number of hydrogen-bond donors (Lipinski definition) is 2. The molecule has 0 aliphatic rings. The first-order chi connectivity index (χ1) is 16.5. The highest BCUT2D eigenvalue weighted by Gasteiger charge is 2.31. The molecular formula is C26H28ClN3O4S. The molecule has 0 bridgehead atoms. The maximum Gasteiger partial charge on any atom is 0.253 e. The Hall–Kier alpha value is -3.36. The molecule has 0 aromatic heterocycles. The number of carbonyl (C=O) groups excluding carboxylic acids is 2. The number of amides is 2. The molecule has 0 saturated heterocycles. The number of rotatable bonds is 8. The van der Waals surface area contributed by atoms with Crippen LogP contribution in [0.4, 0.5) is 11.4 Å². The van der Waals surface area contributed by atoms with Gasteiger partial charge in [0.25, 0.3) is 5.91 Å². The van der Waals surface area contributed by atoms with Crippen LogP contribution in [0.3, 0.4) is 0 Å². The van der Waals surface area contributed by atoms with E-state index in [0.717, 1.165) is 16.1 Å². The van der Waals surface area contributed by atoms with Crippen LogP contribution in [0, 0.1) is 6.92 Å². The zero-order valence-electron chi connectivity index (χ0n) is 19.9. The maximum absolute atomic E-state index is 13.2. The second-order valence-corrected chi connectivity index (χ2v) is 10.6. The Morgan fingerprint density at radius 2 is 1.57 bits per heavy atom. The van der Waals surface area contributed by atoms with Gasteiger partial charge in [0.1, 0.15) is 6.04 Å². The quantitative estimate of drug-likeness (QED) is 0.446. The number of hydrogen-bond acceptors (Lipinski definition) is 4. The smallest absolute Gasteiger partial charge is 0.253 e. The third-order valence-electron chi connectivity index (χ3n) is 5.57. The molecule has 2 N–H and O–H groups in total. The topological polar surface area (TPSA) is 95.6 Å². The number of benzene rings is 3. The number of carbonyl (C=O) groups is 2. The van der Waals surface area contributed by atoms with Crippen molar-refractivity contribution in [3.63, 3.8) is 0 Å². The number of aryl methyl sites for hydroxylation is 1. The van der Waals surface area contributed by atoms with Gasteiger partial charge in [-0.15, -0.1) is 0 Å². The molecule has 184 valence electrons. The molecule has 0 heterocycles. The van der Waals surface area contributed by atoms with Crippen molar-refractivity contribution in [1.29, 1.82) is 0 Å². The fourth-order valence-corrected chi connectivity index (χ4v) is 5.12. The molecule has 2 amide bonds. The van der Waals surface area contributed by atoms with Crippen molar-refractivity contribution < 1.29 is 18.0 Å². The summed E-state index contributed by atoms with van der Waals surface area (Å²) in [7, 11) is -3.83. The number of anilines is 2. The fourth-order valence-electron chi connectivity index (χ4n) is 3.73. The van der Waals surface area contributed by atoms with Gasteiger partial charge in [0, 0.05) is 5.02 Å². The largest absolute Gasteiger partial charge is 0.345 e. The molecule has 0 spiro atoms. The minimum Gasteiger partial charge on any atom is -0.345 e. The summed E-state index contributed by atoms with van der Waals surface area (Å²) in [6.07, 6.45) is 1.03. The van der Waals surface area contributed by atoms with Crippen LogP contribution in [-0.4, -0.2) is 32.5 Å². The van der Waals surface area contributed by atoms with Crippen LogP contribution >= 0.6 is 11.6 Å². The molecule has 0 aliphatic carbocycles. The van der Waals surface area contributed by atoms with Gasteiger partial charge in [0.2, 0.25) is 15.9 Å². The van der Waals surface area contributed by atoms with Crippen molar-refractivity contribution in [3.05, 3.63) is 94.5 Å². The molecule has 0 aliphatic heterocycles. The summed E-state index contributed by atoms with van der Waals surface area (Å²) in [4.78, 5) is 26.2. The van der Waals surface area contributed by atoms with E-state index in [9.17, 15) is 18.0 Å². The van der Waals surface area contributed by atoms with Crippen LogP contribution in [0.5, 0.6) is 0 Å². The molecule has 3 aromatic rings. The van der Waals surface area contributed by atoms with Gasteiger partial charge in [-0.05, 0) is 56.2 Å². The highest BCUT2D eigenvalue weighted by atomic mass is 35.5. The van der Waals surface area contributed by atoms with Crippen LogP contribution in [0.25, 0.3) is 0 Å². The molecule has 9 heteroatoms. The molecule has 2 atom stereocenters.